The Morgan fingerprint density at radius 1 is 1.09 bits per heavy atom. The van der Waals surface area contributed by atoms with Crippen molar-refractivity contribution < 1.29 is 17.9 Å². The Kier molecular flexibility index (Phi) is 8.59. The molecule has 12 nitrogen and oxygen atoms in total. The maximum Gasteiger partial charge on any atom is 0.255 e. The van der Waals surface area contributed by atoms with E-state index in [1.165, 1.54) is 7.11 Å². The van der Waals surface area contributed by atoms with E-state index in [9.17, 15) is 13.2 Å². The quantitative estimate of drug-likeness (QED) is 0.203. The number of nitrogens with zero attached hydrogens (tertiary/aromatic N) is 4. The van der Waals surface area contributed by atoms with Crippen LogP contribution in [0.15, 0.2) is 67.1 Å². The second kappa shape index (κ2) is 12.3. The molecule has 2 aromatic heterocycles. The van der Waals surface area contributed by atoms with Gasteiger partial charge in [0.05, 0.1) is 48.0 Å². The average molecular weight is 631 g/mol. The zero-order valence-corrected chi connectivity index (χ0v) is 27.2. The van der Waals surface area contributed by atoms with E-state index in [0.29, 0.717) is 11.3 Å². The van der Waals surface area contributed by atoms with Crippen LogP contribution in [0.3, 0.4) is 0 Å². The first-order valence-electron chi connectivity index (χ1n) is 14.4. The van der Waals surface area contributed by atoms with Crippen LogP contribution < -0.4 is 30.7 Å². The molecule has 0 unspecified atom stereocenters. The van der Waals surface area contributed by atoms with Crippen LogP contribution in [0.1, 0.15) is 60.4 Å². The van der Waals surface area contributed by atoms with Gasteiger partial charge < -0.3 is 15.5 Å². The van der Waals surface area contributed by atoms with Crippen molar-refractivity contribution in [3.05, 3.63) is 95.1 Å². The molecular formula is C32H38N8O4S. The zero-order chi connectivity index (χ0) is 32.5. The van der Waals surface area contributed by atoms with Gasteiger partial charge in [-0.25, -0.2) is 18.1 Å². The molecule has 2 aromatic carbocycles. The van der Waals surface area contributed by atoms with Crippen molar-refractivity contribution in [2.24, 2.45) is 0 Å². The molecule has 0 saturated carbocycles. The molecule has 45 heavy (non-hydrogen) atoms. The molecule has 0 atom stereocenters. The number of carbonyl (C=O) groups is 1. The first kappa shape index (κ1) is 31.5. The summed E-state index contributed by atoms with van der Waals surface area (Å²) in [5.41, 5.74) is 12.3. The van der Waals surface area contributed by atoms with Gasteiger partial charge in [-0.05, 0) is 66.3 Å². The average Bonchev–Trinajstić information content (AvgIpc) is 3.64. The Hall–Kier alpha value is -4.88. The molecule has 236 valence electrons. The lowest BCUT2D eigenvalue weighted by Gasteiger charge is -2.24. The summed E-state index contributed by atoms with van der Waals surface area (Å²) >= 11 is 0. The number of hydrogen-bond donors (Lipinski definition) is 4. The molecule has 1 aliphatic heterocycles. The first-order chi connectivity index (χ1) is 21.3. The third kappa shape index (κ3) is 6.79. The fraction of sp³-hybridized carbons (Fsp3) is 0.281. The van der Waals surface area contributed by atoms with Crippen LogP contribution in [-0.4, -0.2) is 42.5 Å². The normalized spacial score (nSPS) is 13.3. The summed E-state index contributed by atoms with van der Waals surface area (Å²) in [6.07, 6.45) is 7.27. The van der Waals surface area contributed by atoms with Gasteiger partial charge in [0.1, 0.15) is 0 Å². The van der Waals surface area contributed by atoms with Crippen LogP contribution in [0.25, 0.3) is 11.5 Å². The van der Waals surface area contributed by atoms with Gasteiger partial charge in [-0.15, -0.1) is 5.53 Å². The van der Waals surface area contributed by atoms with Crippen molar-refractivity contribution in [3.8, 4) is 11.6 Å². The molecule has 4 N–H and O–H groups in total. The van der Waals surface area contributed by atoms with E-state index in [-0.39, 0.29) is 22.8 Å². The van der Waals surface area contributed by atoms with Crippen molar-refractivity contribution in [1.82, 2.24) is 25.7 Å². The van der Waals surface area contributed by atoms with Crippen molar-refractivity contribution >= 4 is 38.7 Å². The number of aromatic nitrogens is 3. The summed E-state index contributed by atoms with van der Waals surface area (Å²) in [6, 6.07) is 14.6. The SMILES string of the molecule is CCc1c(C2=CN(c3cc(C(=O)Nc4cc(C(C)(C)C)cc(NS(C)(=O)=O)c4OC)ccc3C)NN2)cnn1-c1ccccn1. The molecule has 4 aromatic rings. The fourth-order valence-electron chi connectivity index (χ4n) is 5.05. The fourth-order valence-corrected chi connectivity index (χ4v) is 5.60. The minimum Gasteiger partial charge on any atom is -0.492 e. The summed E-state index contributed by atoms with van der Waals surface area (Å²) in [5.74, 6) is 0.569. The summed E-state index contributed by atoms with van der Waals surface area (Å²) in [7, 11) is -2.18. The molecule has 5 rings (SSSR count). The molecule has 0 bridgehead atoms. The highest BCUT2D eigenvalue weighted by Crippen LogP contribution is 2.39. The van der Waals surface area contributed by atoms with Crippen LogP contribution in [0, 0.1) is 6.92 Å². The largest absolute Gasteiger partial charge is 0.492 e. The standard InChI is InChI=1S/C32H38N8O4S/c1-8-27-23(18-34-40(27)29-11-9-10-14-33-29)26-19-39(38-36-26)28-15-21(13-12-20(28)2)31(41)35-24-16-22(32(3,4)5)17-25(30(24)44-6)37-45(7,42)43/h9-19,36-38H,8H2,1-7H3,(H,35,41). The van der Waals surface area contributed by atoms with E-state index in [0.717, 1.165) is 52.3 Å². The second-order valence-electron chi connectivity index (χ2n) is 11.8. The number of ether oxygens (including phenoxy) is 1. The van der Waals surface area contributed by atoms with E-state index in [4.69, 9.17) is 4.74 Å². The minimum absolute atomic E-state index is 0.213. The van der Waals surface area contributed by atoms with E-state index in [2.05, 4.69) is 38.0 Å². The Morgan fingerprint density at radius 2 is 1.84 bits per heavy atom. The van der Waals surface area contributed by atoms with Crippen LogP contribution in [0.4, 0.5) is 17.1 Å². The molecule has 0 aliphatic carbocycles. The predicted molar refractivity (Wildman–Crippen MR) is 177 cm³/mol. The molecule has 0 saturated heterocycles. The molecule has 0 spiro atoms. The topological polar surface area (TPSA) is 143 Å². The lowest BCUT2D eigenvalue weighted by Crippen LogP contribution is -2.36. The van der Waals surface area contributed by atoms with Gasteiger partial charge >= 0.3 is 0 Å². The lowest BCUT2D eigenvalue weighted by molar-refractivity contribution is 0.102. The third-order valence-electron chi connectivity index (χ3n) is 7.36. The Bertz CT molecular complexity index is 1880. The molecule has 0 radical (unpaired) electrons. The van der Waals surface area contributed by atoms with Gasteiger partial charge in [-0.2, -0.15) is 5.10 Å². The van der Waals surface area contributed by atoms with E-state index < -0.39 is 10.0 Å². The third-order valence-corrected chi connectivity index (χ3v) is 7.95. The van der Waals surface area contributed by atoms with Crippen molar-refractivity contribution in [2.75, 3.05) is 28.4 Å². The van der Waals surface area contributed by atoms with E-state index in [1.807, 2.05) is 67.9 Å². The Morgan fingerprint density at radius 3 is 2.49 bits per heavy atom. The summed E-state index contributed by atoms with van der Waals surface area (Å²) in [5, 5.41) is 9.33. The molecule has 1 amide bonds. The Balaban J connectivity index is 1.45. The number of methoxy groups -OCH3 is 1. The molecule has 0 fully saturated rings. The van der Waals surface area contributed by atoms with E-state index >= 15 is 0 Å². The number of pyridine rings is 1. The van der Waals surface area contributed by atoms with Crippen molar-refractivity contribution in [2.45, 2.75) is 46.5 Å². The number of amides is 1. The van der Waals surface area contributed by atoms with Gasteiger partial charge in [0.15, 0.2) is 11.6 Å². The van der Waals surface area contributed by atoms with Crippen LogP contribution >= 0.6 is 0 Å². The van der Waals surface area contributed by atoms with Crippen molar-refractivity contribution in [3.63, 3.8) is 0 Å². The number of benzene rings is 2. The minimum atomic E-state index is -3.61. The van der Waals surface area contributed by atoms with Crippen LogP contribution in [-0.2, 0) is 21.9 Å². The smallest absolute Gasteiger partial charge is 0.255 e. The van der Waals surface area contributed by atoms with Gasteiger partial charge in [0.2, 0.25) is 10.0 Å². The molecular weight excluding hydrogens is 592 g/mol. The number of nitrogens with one attached hydrogen (secondary N) is 4. The molecule has 3 heterocycles. The monoisotopic (exact) mass is 630 g/mol. The number of hydrogen-bond acceptors (Lipinski definition) is 9. The lowest BCUT2D eigenvalue weighted by atomic mass is 9.86. The van der Waals surface area contributed by atoms with Gasteiger partial charge in [0.25, 0.3) is 5.91 Å². The summed E-state index contributed by atoms with van der Waals surface area (Å²) in [6.45, 7) is 10.0. The highest BCUT2D eigenvalue weighted by molar-refractivity contribution is 7.92. The first-order valence-corrected chi connectivity index (χ1v) is 16.3. The number of carbonyl (C=O) groups excluding carboxylic acids is 1. The molecule has 1 aliphatic rings. The number of aryl methyl sites for hydroxylation is 1. The van der Waals surface area contributed by atoms with Gasteiger partial charge in [-0.3, -0.25) is 14.5 Å². The second-order valence-corrected chi connectivity index (χ2v) is 13.5. The zero-order valence-electron chi connectivity index (χ0n) is 26.4. The van der Waals surface area contributed by atoms with Crippen molar-refractivity contribution in [1.29, 1.82) is 0 Å². The maximum atomic E-state index is 13.6. The number of rotatable bonds is 9. The van der Waals surface area contributed by atoms with E-state index in [1.54, 1.807) is 36.7 Å². The number of hydrazine groups is 2. The molecule has 13 heteroatoms. The van der Waals surface area contributed by atoms with Gasteiger partial charge in [-0.1, -0.05) is 39.8 Å². The van der Waals surface area contributed by atoms with Gasteiger partial charge in [0, 0.05) is 23.5 Å². The maximum absolute atomic E-state index is 13.6. The Labute approximate surface area is 263 Å². The van der Waals surface area contributed by atoms with Crippen LogP contribution in [0.5, 0.6) is 5.75 Å². The summed E-state index contributed by atoms with van der Waals surface area (Å²) < 4.78 is 34.1. The predicted octanol–water partition coefficient (Wildman–Crippen LogP) is 4.90. The summed E-state index contributed by atoms with van der Waals surface area (Å²) in [4.78, 5) is 18.1. The number of sulfonamides is 1. The highest BCUT2D eigenvalue weighted by atomic mass is 32.2. The number of anilines is 3. The highest BCUT2D eigenvalue weighted by Gasteiger charge is 2.24. The van der Waals surface area contributed by atoms with Crippen LogP contribution in [0.2, 0.25) is 0 Å².